The Balaban J connectivity index is 2.14. The molecule has 11 nitrogen and oxygen atoms in total. The molecule has 11 heteroatoms. The van der Waals surface area contributed by atoms with E-state index in [1.54, 1.807) is 13.0 Å². The van der Waals surface area contributed by atoms with Gasteiger partial charge in [0.1, 0.15) is 18.5 Å². The lowest BCUT2D eigenvalue weighted by molar-refractivity contribution is -0.148. The van der Waals surface area contributed by atoms with Gasteiger partial charge in [-0.1, -0.05) is 6.92 Å². The van der Waals surface area contributed by atoms with Crippen LogP contribution in [0.4, 0.5) is 0 Å². The van der Waals surface area contributed by atoms with Crippen LogP contribution in [0.2, 0.25) is 0 Å². The molecule has 0 radical (unpaired) electrons. The Kier molecular flexibility index (Phi) is 8.60. The van der Waals surface area contributed by atoms with Crippen LogP contribution in [0.5, 0.6) is 11.5 Å². The number of ketones is 1. The minimum atomic E-state index is -1.32. The zero-order valence-corrected chi connectivity index (χ0v) is 19.9. The second-order valence-electron chi connectivity index (χ2n) is 8.17. The van der Waals surface area contributed by atoms with Gasteiger partial charge in [-0.15, -0.1) is 0 Å². The molecule has 0 saturated heterocycles. The Morgan fingerprint density at radius 3 is 2.60 bits per heavy atom. The molecule has 0 bridgehead atoms. The smallest absolute Gasteiger partial charge is 0.290 e. The van der Waals surface area contributed by atoms with Crippen LogP contribution in [0.25, 0.3) is 0 Å². The molecule has 4 atom stereocenters. The fourth-order valence-electron chi connectivity index (χ4n) is 4.45. The van der Waals surface area contributed by atoms with E-state index in [0.29, 0.717) is 17.4 Å². The third kappa shape index (κ3) is 5.07. The van der Waals surface area contributed by atoms with Crippen molar-refractivity contribution in [3.63, 3.8) is 0 Å². The highest BCUT2D eigenvalue weighted by Gasteiger charge is 2.51. The number of Topliss-reactive ketones (excluding diaryl/α,β-unsaturated/α-hetero) is 1. The number of nitrogens with zero attached hydrogens (tertiary/aromatic N) is 1. The summed E-state index contributed by atoms with van der Waals surface area (Å²) in [6, 6.07) is 1.97. The average molecular weight is 491 g/mol. The Bertz CT molecular complexity index is 1020. The number of methoxy groups -OCH3 is 2. The number of aliphatic hydroxyl groups excluding tert-OH is 2. The molecule has 3 rings (SSSR count). The summed E-state index contributed by atoms with van der Waals surface area (Å²) < 4.78 is 16.5. The zero-order valence-electron chi connectivity index (χ0n) is 19.9. The third-order valence-electron chi connectivity index (χ3n) is 6.13. The Labute approximate surface area is 202 Å². The highest BCUT2D eigenvalue weighted by Crippen LogP contribution is 2.51. The molecule has 1 aliphatic heterocycles. The lowest BCUT2D eigenvalue weighted by Gasteiger charge is -2.40. The van der Waals surface area contributed by atoms with E-state index in [-0.39, 0.29) is 49.8 Å². The van der Waals surface area contributed by atoms with Gasteiger partial charge >= 0.3 is 0 Å². The summed E-state index contributed by atoms with van der Waals surface area (Å²) in [5.41, 5.74) is 0.933. The van der Waals surface area contributed by atoms with Gasteiger partial charge in [0.05, 0.1) is 32.3 Å². The lowest BCUT2D eigenvalue weighted by atomic mass is 9.77. The molecule has 190 valence electrons. The molecule has 1 aromatic carbocycles. The molecular weight excluding hydrogens is 460 g/mol. The summed E-state index contributed by atoms with van der Waals surface area (Å²) in [6.07, 6.45) is -0.294. The number of fused-ring (bicyclic) bond motifs is 3. The quantitative estimate of drug-likeness (QED) is 0.278. The first kappa shape index (κ1) is 26.3. The van der Waals surface area contributed by atoms with Gasteiger partial charge in [0.15, 0.2) is 11.5 Å². The molecule has 4 unspecified atom stereocenters. The van der Waals surface area contributed by atoms with Crippen LogP contribution < -0.4 is 14.8 Å². The average Bonchev–Trinajstić information content (AvgIpc) is 3.27. The van der Waals surface area contributed by atoms with Crippen molar-refractivity contribution in [1.29, 1.82) is 0 Å². The second kappa shape index (κ2) is 11.4. The van der Waals surface area contributed by atoms with Crippen molar-refractivity contribution >= 4 is 23.9 Å². The van der Waals surface area contributed by atoms with E-state index >= 15 is 0 Å². The van der Waals surface area contributed by atoms with Gasteiger partial charge in [-0.25, -0.2) is 0 Å². The molecule has 2 aliphatic rings. The summed E-state index contributed by atoms with van der Waals surface area (Å²) in [6.45, 7) is 1.33. The van der Waals surface area contributed by atoms with Crippen molar-refractivity contribution in [3.05, 3.63) is 34.9 Å². The minimum absolute atomic E-state index is 0.00617. The summed E-state index contributed by atoms with van der Waals surface area (Å²) >= 11 is 0. The topological polar surface area (TPSA) is 152 Å². The standard InChI is InChI=1S/C24H30N2O9/c1-4-17(29)24(32)26(6-8-33-2)16-11-15(23(31)25-5-7-27)19-14-9-13(12-28)10-18(34-3)21(14)35-22(19)20(16)30/h9-12,16,19-20,22,27,30H,4-8H2,1-3H3,(H,25,31). The maximum Gasteiger partial charge on any atom is 0.290 e. The molecule has 0 aromatic heterocycles. The third-order valence-corrected chi connectivity index (χ3v) is 6.13. The van der Waals surface area contributed by atoms with Gasteiger partial charge in [0, 0.05) is 43.3 Å². The van der Waals surface area contributed by atoms with Crippen molar-refractivity contribution in [3.8, 4) is 11.5 Å². The number of hydrogen-bond donors (Lipinski definition) is 3. The van der Waals surface area contributed by atoms with Crippen molar-refractivity contribution in [2.45, 2.75) is 37.5 Å². The summed E-state index contributed by atoms with van der Waals surface area (Å²) in [4.78, 5) is 51.0. The number of rotatable bonds is 11. The number of aldehydes is 1. The minimum Gasteiger partial charge on any atom is -0.493 e. The normalized spacial score (nSPS) is 22.3. The number of carbonyl (C=O) groups excluding carboxylic acids is 4. The Morgan fingerprint density at radius 1 is 1.26 bits per heavy atom. The van der Waals surface area contributed by atoms with Crippen LogP contribution in [0.3, 0.4) is 0 Å². The molecule has 0 fully saturated rings. The van der Waals surface area contributed by atoms with E-state index in [9.17, 15) is 29.4 Å². The zero-order chi connectivity index (χ0) is 25.7. The van der Waals surface area contributed by atoms with Gasteiger partial charge in [-0.2, -0.15) is 0 Å². The van der Waals surface area contributed by atoms with Gasteiger partial charge in [-0.3, -0.25) is 19.2 Å². The molecule has 2 amide bonds. The number of aliphatic hydroxyl groups is 2. The van der Waals surface area contributed by atoms with Crippen LogP contribution in [-0.2, 0) is 19.1 Å². The highest BCUT2D eigenvalue weighted by molar-refractivity contribution is 6.36. The number of carbonyl (C=O) groups is 4. The maximum atomic E-state index is 13.1. The summed E-state index contributed by atoms with van der Waals surface area (Å²) in [7, 11) is 2.84. The number of nitrogens with one attached hydrogen (secondary N) is 1. The van der Waals surface area contributed by atoms with Crippen molar-refractivity contribution in [1.82, 2.24) is 10.2 Å². The highest BCUT2D eigenvalue weighted by atomic mass is 16.5. The molecule has 1 aliphatic carbocycles. The Hall–Kier alpha value is -3.28. The van der Waals surface area contributed by atoms with E-state index in [0.717, 1.165) is 0 Å². The molecule has 0 spiro atoms. The van der Waals surface area contributed by atoms with Gasteiger partial charge in [0.25, 0.3) is 5.91 Å². The molecule has 0 saturated carbocycles. The fraction of sp³-hybridized carbons (Fsp3) is 0.500. The van der Waals surface area contributed by atoms with E-state index in [1.165, 1.54) is 31.3 Å². The number of hydrogen-bond acceptors (Lipinski definition) is 9. The largest absolute Gasteiger partial charge is 0.493 e. The number of benzene rings is 1. The fourth-order valence-corrected chi connectivity index (χ4v) is 4.45. The van der Waals surface area contributed by atoms with E-state index < -0.39 is 41.8 Å². The van der Waals surface area contributed by atoms with Crippen LogP contribution in [-0.4, -0.2) is 97.8 Å². The first-order valence-corrected chi connectivity index (χ1v) is 11.3. The van der Waals surface area contributed by atoms with Crippen molar-refractivity contribution < 1.29 is 43.6 Å². The van der Waals surface area contributed by atoms with Crippen LogP contribution >= 0.6 is 0 Å². The SMILES string of the molecule is CCC(=O)C(=O)N(CCOC)C1C=C(C(=O)NCCO)C2c3cc(C=O)cc(OC)c3OC2C1O. The van der Waals surface area contributed by atoms with Crippen molar-refractivity contribution in [2.75, 3.05) is 40.5 Å². The summed E-state index contributed by atoms with van der Waals surface area (Å²) in [5.74, 6) is -2.26. The maximum absolute atomic E-state index is 13.1. The van der Waals surface area contributed by atoms with E-state index in [4.69, 9.17) is 14.2 Å². The first-order valence-electron chi connectivity index (χ1n) is 11.3. The monoisotopic (exact) mass is 490 g/mol. The molecule has 35 heavy (non-hydrogen) atoms. The van der Waals surface area contributed by atoms with Gasteiger partial charge in [-0.05, 0) is 18.2 Å². The molecule has 3 N–H and O–H groups in total. The molecular formula is C24H30N2O9. The van der Waals surface area contributed by atoms with Crippen LogP contribution in [0.1, 0.15) is 35.2 Å². The predicted octanol–water partition coefficient (Wildman–Crippen LogP) is -0.416. The van der Waals surface area contributed by atoms with Crippen molar-refractivity contribution in [2.24, 2.45) is 0 Å². The first-order chi connectivity index (χ1) is 16.8. The number of ether oxygens (including phenoxy) is 3. The van der Waals surface area contributed by atoms with Crippen LogP contribution in [0, 0.1) is 0 Å². The predicted molar refractivity (Wildman–Crippen MR) is 122 cm³/mol. The number of amides is 2. The van der Waals surface area contributed by atoms with Gasteiger partial charge < -0.3 is 34.6 Å². The van der Waals surface area contributed by atoms with E-state index in [1.807, 2.05) is 0 Å². The van der Waals surface area contributed by atoms with Gasteiger partial charge in [0.2, 0.25) is 11.7 Å². The second-order valence-corrected chi connectivity index (χ2v) is 8.17. The molecule has 1 heterocycles. The summed E-state index contributed by atoms with van der Waals surface area (Å²) in [5, 5.41) is 23.1. The van der Waals surface area contributed by atoms with E-state index in [2.05, 4.69) is 5.32 Å². The lowest BCUT2D eigenvalue weighted by Crippen LogP contribution is -2.57. The Morgan fingerprint density at radius 2 is 2.00 bits per heavy atom. The van der Waals surface area contributed by atoms with Crippen LogP contribution in [0.15, 0.2) is 23.8 Å². The molecule has 1 aromatic rings.